The second kappa shape index (κ2) is 6.48. The lowest BCUT2D eigenvalue weighted by Gasteiger charge is -2.21. The van der Waals surface area contributed by atoms with Crippen molar-refractivity contribution in [2.75, 3.05) is 18.8 Å². The molecule has 1 N–H and O–H groups in total. The molecule has 0 bridgehead atoms. The van der Waals surface area contributed by atoms with Gasteiger partial charge in [0.05, 0.1) is 0 Å². The number of rotatable bonds is 4. The van der Waals surface area contributed by atoms with E-state index in [-0.39, 0.29) is 0 Å². The molecule has 1 aliphatic heterocycles. The Morgan fingerprint density at radius 2 is 2.19 bits per heavy atom. The third-order valence-corrected chi connectivity index (χ3v) is 4.34. The maximum atomic E-state index is 5.74. The van der Waals surface area contributed by atoms with Gasteiger partial charge >= 0.3 is 0 Å². The van der Waals surface area contributed by atoms with Gasteiger partial charge in [-0.15, -0.1) is 0 Å². The summed E-state index contributed by atoms with van der Waals surface area (Å²) in [6.45, 7) is 2.38. The van der Waals surface area contributed by atoms with Crippen LogP contribution in [0.3, 0.4) is 0 Å². The van der Waals surface area contributed by atoms with E-state index in [0.29, 0.717) is 5.15 Å². The van der Waals surface area contributed by atoms with E-state index in [9.17, 15) is 0 Å². The van der Waals surface area contributed by atoms with Crippen LogP contribution in [0.25, 0.3) is 0 Å². The van der Waals surface area contributed by atoms with E-state index in [1.807, 2.05) is 24.0 Å². The van der Waals surface area contributed by atoms with Crippen molar-refractivity contribution in [1.82, 2.24) is 10.3 Å². The number of thioether (sulfide) groups is 1. The first kappa shape index (κ1) is 12.2. The van der Waals surface area contributed by atoms with Gasteiger partial charge in [0.2, 0.25) is 0 Å². The predicted molar refractivity (Wildman–Crippen MR) is 71.0 cm³/mol. The minimum absolute atomic E-state index is 0.576. The molecule has 2 nitrogen and oxygen atoms in total. The van der Waals surface area contributed by atoms with Crippen molar-refractivity contribution in [1.29, 1.82) is 0 Å². The average Bonchev–Trinajstić information content (AvgIpc) is 2.33. The van der Waals surface area contributed by atoms with Crippen molar-refractivity contribution in [3.8, 4) is 0 Å². The molecule has 0 aromatic carbocycles. The van der Waals surface area contributed by atoms with E-state index in [1.54, 1.807) is 0 Å². The fourth-order valence-electron chi connectivity index (χ4n) is 1.88. The molecule has 4 heteroatoms. The Hall–Kier alpha value is -0.250. The first-order chi connectivity index (χ1) is 7.84. The predicted octanol–water partition coefficient (Wildman–Crippen LogP) is 2.97. The smallest absolute Gasteiger partial charge is 0.129 e. The summed E-state index contributed by atoms with van der Waals surface area (Å²) in [6, 6.07) is 3.92. The molecule has 2 rings (SSSR count). The van der Waals surface area contributed by atoms with Crippen LogP contribution in [0.15, 0.2) is 18.3 Å². The molecular formula is C12H17ClN2S. The highest BCUT2D eigenvalue weighted by molar-refractivity contribution is 7.98. The van der Waals surface area contributed by atoms with Crippen molar-refractivity contribution in [3.63, 3.8) is 0 Å². The number of hydrogen-bond donors (Lipinski definition) is 1. The first-order valence-corrected chi connectivity index (χ1v) is 7.27. The molecule has 1 fully saturated rings. The number of nitrogens with zero attached hydrogens (tertiary/aromatic N) is 1. The van der Waals surface area contributed by atoms with Gasteiger partial charge in [0.25, 0.3) is 0 Å². The summed E-state index contributed by atoms with van der Waals surface area (Å²) in [5.41, 5.74) is 1.27. The molecule has 0 spiro atoms. The summed E-state index contributed by atoms with van der Waals surface area (Å²) < 4.78 is 0. The molecular weight excluding hydrogens is 240 g/mol. The fraction of sp³-hybridized carbons (Fsp3) is 0.583. The number of aromatic nitrogens is 1. The third-order valence-electron chi connectivity index (χ3n) is 2.87. The second-order valence-electron chi connectivity index (χ2n) is 4.20. The van der Waals surface area contributed by atoms with Gasteiger partial charge in [0, 0.05) is 11.9 Å². The lowest BCUT2D eigenvalue weighted by molar-refractivity contribution is 0.408. The van der Waals surface area contributed by atoms with E-state index >= 15 is 0 Å². The van der Waals surface area contributed by atoms with Crippen LogP contribution >= 0.6 is 23.4 Å². The Morgan fingerprint density at radius 1 is 1.38 bits per heavy atom. The third kappa shape index (κ3) is 3.96. The average molecular weight is 257 g/mol. The molecule has 0 radical (unpaired) electrons. The van der Waals surface area contributed by atoms with Gasteiger partial charge in [-0.05, 0) is 49.2 Å². The molecule has 1 saturated heterocycles. The topological polar surface area (TPSA) is 24.9 Å². The van der Waals surface area contributed by atoms with Crippen LogP contribution in [0.2, 0.25) is 5.15 Å². The van der Waals surface area contributed by atoms with Crippen LogP contribution in [0.5, 0.6) is 0 Å². The van der Waals surface area contributed by atoms with Crippen LogP contribution in [0.4, 0.5) is 0 Å². The first-order valence-electron chi connectivity index (χ1n) is 5.73. The normalized spacial score (nSPS) is 17.6. The highest BCUT2D eigenvalue weighted by atomic mass is 35.5. The molecule has 88 valence electrons. The molecule has 0 saturated carbocycles. The van der Waals surface area contributed by atoms with Crippen LogP contribution in [-0.4, -0.2) is 23.8 Å². The highest BCUT2D eigenvalue weighted by Gasteiger charge is 2.12. The second-order valence-corrected chi connectivity index (χ2v) is 5.62. The molecule has 0 unspecified atom stereocenters. The largest absolute Gasteiger partial charge is 0.317 e. The highest BCUT2D eigenvalue weighted by Crippen LogP contribution is 2.21. The molecule has 2 heterocycles. The lowest BCUT2D eigenvalue weighted by atomic mass is 10.0. The van der Waals surface area contributed by atoms with Gasteiger partial charge in [-0.1, -0.05) is 17.7 Å². The van der Waals surface area contributed by atoms with Gasteiger partial charge in [-0.2, -0.15) is 11.8 Å². The van der Waals surface area contributed by atoms with Crippen LogP contribution in [0.1, 0.15) is 18.4 Å². The summed E-state index contributed by atoms with van der Waals surface area (Å²) in [5.74, 6) is 3.21. The van der Waals surface area contributed by atoms with Crippen LogP contribution < -0.4 is 5.32 Å². The minimum Gasteiger partial charge on any atom is -0.317 e. The zero-order chi connectivity index (χ0) is 11.2. The zero-order valence-corrected chi connectivity index (χ0v) is 10.9. The monoisotopic (exact) mass is 256 g/mol. The van der Waals surface area contributed by atoms with Crippen LogP contribution in [0, 0.1) is 5.92 Å². The fourth-order valence-corrected chi connectivity index (χ4v) is 3.19. The minimum atomic E-state index is 0.576. The Bertz CT molecular complexity index is 309. The summed E-state index contributed by atoms with van der Waals surface area (Å²) in [7, 11) is 0. The molecule has 1 aromatic heterocycles. The van der Waals surface area contributed by atoms with E-state index in [0.717, 1.165) is 11.7 Å². The van der Waals surface area contributed by atoms with Crippen molar-refractivity contribution >= 4 is 23.4 Å². The van der Waals surface area contributed by atoms with E-state index in [1.165, 1.54) is 37.2 Å². The Balaban J connectivity index is 1.69. The molecule has 1 aromatic rings. The maximum Gasteiger partial charge on any atom is 0.129 e. The number of nitrogens with one attached hydrogen (secondary N) is 1. The SMILES string of the molecule is Clc1ccc(CSCC2CCNCC2)cn1. The molecule has 1 aliphatic rings. The van der Waals surface area contributed by atoms with Gasteiger partial charge < -0.3 is 5.32 Å². The molecule has 0 amide bonds. The van der Waals surface area contributed by atoms with Crippen molar-refractivity contribution in [2.45, 2.75) is 18.6 Å². The molecule has 0 atom stereocenters. The summed E-state index contributed by atoms with van der Waals surface area (Å²) in [5, 5.41) is 3.97. The van der Waals surface area contributed by atoms with Gasteiger partial charge in [0.15, 0.2) is 0 Å². The Kier molecular flexibility index (Phi) is 4.94. The number of halogens is 1. The summed E-state index contributed by atoms with van der Waals surface area (Å²) in [6.07, 6.45) is 4.52. The number of piperidine rings is 1. The molecule has 0 aliphatic carbocycles. The van der Waals surface area contributed by atoms with Gasteiger partial charge in [0.1, 0.15) is 5.15 Å². The van der Waals surface area contributed by atoms with E-state index in [4.69, 9.17) is 11.6 Å². The van der Waals surface area contributed by atoms with E-state index < -0.39 is 0 Å². The Morgan fingerprint density at radius 3 is 2.88 bits per heavy atom. The van der Waals surface area contributed by atoms with Crippen LogP contribution in [-0.2, 0) is 5.75 Å². The van der Waals surface area contributed by atoms with Crippen molar-refractivity contribution < 1.29 is 0 Å². The molecule has 16 heavy (non-hydrogen) atoms. The Labute approximate surface area is 106 Å². The summed E-state index contributed by atoms with van der Waals surface area (Å²) >= 11 is 7.75. The van der Waals surface area contributed by atoms with Gasteiger partial charge in [-0.3, -0.25) is 0 Å². The van der Waals surface area contributed by atoms with Crippen molar-refractivity contribution in [3.05, 3.63) is 29.0 Å². The van der Waals surface area contributed by atoms with Crippen molar-refractivity contribution in [2.24, 2.45) is 5.92 Å². The van der Waals surface area contributed by atoms with E-state index in [2.05, 4.69) is 16.4 Å². The lowest BCUT2D eigenvalue weighted by Crippen LogP contribution is -2.28. The number of pyridine rings is 1. The number of hydrogen-bond acceptors (Lipinski definition) is 3. The van der Waals surface area contributed by atoms with Gasteiger partial charge in [-0.25, -0.2) is 4.98 Å². The summed E-state index contributed by atoms with van der Waals surface area (Å²) in [4.78, 5) is 4.09. The quantitative estimate of drug-likeness (QED) is 0.839. The zero-order valence-electron chi connectivity index (χ0n) is 9.29. The standard InChI is InChI=1S/C12H17ClN2S/c13-12-2-1-11(7-15-12)9-16-8-10-3-5-14-6-4-10/h1-2,7,10,14H,3-6,8-9H2. The maximum absolute atomic E-state index is 5.74.